The Labute approximate surface area is 148 Å². The summed E-state index contributed by atoms with van der Waals surface area (Å²) in [6.07, 6.45) is 0.973. The first-order chi connectivity index (χ1) is 11.4. The summed E-state index contributed by atoms with van der Waals surface area (Å²) in [7, 11) is 0. The first-order valence-corrected chi connectivity index (χ1v) is 9.19. The molecule has 0 spiro atoms. The Morgan fingerprint density at radius 3 is 2.75 bits per heavy atom. The number of rotatable bonds is 7. The van der Waals surface area contributed by atoms with Crippen LogP contribution in [0.4, 0.5) is 10.8 Å². The minimum Gasteiger partial charge on any atom is -0.296 e. The predicted octanol–water partition coefficient (Wildman–Crippen LogP) is 4.15. The van der Waals surface area contributed by atoms with Crippen molar-refractivity contribution in [3.05, 3.63) is 38.9 Å². The number of hydrogen-bond donors (Lipinski definition) is 1. The van der Waals surface area contributed by atoms with Crippen molar-refractivity contribution in [1.29, 1.82) is 0 Å². The van der Waals surface area contributed by atoms with Gasteiger partial charge in [-0.05, 0) is 37.1 Å². The van der Waals surface area contributed by atoms with Crippen LogP contribution in [-0.4, -0.2) is 26.8 Å². The molecule has 0 unspecified atom stereocenters. The molecule has 2 rings (SSSR count). The lowest BCUT2D eigenvalue weighted by atomic mass is 10.2. The highest BCUT2D eigenvalue weighted by atomic mass is 32.2. The molecule has 0 saturated carbocycles. The van der Waals surface area contributed by atoms with Gasteiger partial charge in [-0.25, -0.2) is 0 Å². The topological polar surface area (TPSA) is 98.0 Å². The van der Waals surface area contributed by atoms with Gasteiger partial charge in [0.05, 0.1) is 9.82 Å². The summed E-state index contributed by atoms with van der Waals surface area (Å²) in [5, 5.41) is 22.6. The second kappa shape index (κ2) is 8.20. The van der Waals surface area contributed by atoms with Crippen LogP contribution in [-0.2, 0) is 0 Å². The number of aromatic nitrogens is 2. The van der Waals surface area contributed by atoms with Crippen molar-refractivity contribution in [2.75, 3.05) is 11.1 Å². The largest absolute Gasteiger partial charge is 0.296 e. The second-order valence-electron chi connectivity index (χ2n) is 5.55. The van der Waals surface area contributed by atoms with E-state index in [0.717, 1.165) is 17.2 Å². The van der Waals surface area contributed by atoms with Gasteiger partial charge in [0.15, 0.2) is 0 Å². The van der Waals surface area contributed by atoms with Crippen LogP contribution in [0.15, 0.2) is 23.1 Å². The van der Waals surface area contributed by atoms with Gasteiger partial charge in [0.1, 0.15) is 5.01 Å². The minimum absolute atomic E-state index is 0.0511. The van der Waals surface area contributed by atoms with Gasteiger partial charge in [-0.1, -0.05) is 25.2 Å². The summed E-state index contributed by atoms with van der Waals surface area (Å²) in [5.74, 6) is 0.902. The zero-order valence-corrected chi connectivity index (χ0v) is 15.2. The summed E-state index contributed by atoms with van der Waals surface area (Å²) in [4.78, 5) is 23.6. The zero-order valence-electron chi connectivity index (χ0n) is 13.6. The third-order valence-electron chi connectivity index (χ3n) is 3.12. The number of nitro groups is 1. The Morgan fingerprint density at radius 1 is 1.42 bits per heavy atom. The second-order valence-corrected chi connectivity index (χ2v) is 7.87. The quantitative estimate of drug-likeness (QED) is 0.449. The first kappa shape index (κ1) is 18.3. The number of nitrogens with zero attached hydrogens (tertiary/aromatic N) is 3. The van der Waals surface area contributed by atoms with Crippen LogP contribution in [0.25, 0.3) is 0 Å². The summed E-state index contributed by atoms with van der Waals surface area (Å²) in [5.41, 5.74) is 0.174. The lowest BCUT2D eigenvalue weighted by Gasteiger charge is -2.07. The van der Waals surface area contributed by atoms with E-state index in [2.05, 4.69) is 29.4 Å². The Balaban J connectivity index is 2.15. The Morgan fingerprint density at radius 2 is 2.17 bits per heavy atom. The summed E-state index contributed by atoms with van der Waals surface area (Å²) >= 11 is 2.68. The summed E-state index contributed by atoms with van der Waals surface area (Å²) in [6, 6.07) is 4.53. The number of thioether (sulfide) groups is 1. The number of carbonyl (C=O) groups is 1. The van der Waals surface area contributed by atoms with E-state index in [9.17, 15) is 14.9 Å². The molecule has 0 aliphatic heterocycles. The van der Waals surface area contributed by atoms with Gasteiger partial charge in [-0.3, -0.25) is 20.2 Å². The van der Waals surface area contributed by atoms with Crippen LogP contribution in [0.5, 0.6) is 0 Å². The Kier molecular flexibility index (Phi) is 6.27. The van der Waals surface area contributed by atoms with Crippen molar-refractivity contribution >= 4 is 39.8 Å². The normalized spacial score (nSPS) is 10.8. The van der Waals surface area contributed by atoms with E-state index in [-0.39, 0.29) is 11.3 Å². The van der Waals surface area contributed by atoms with Gasteiger partial charge >= 0.3 is 0 Å². The molecule has 9 heteroatoms. The molecule has 1 amide bonds. The minimum atomic E-state index is -0.455. The molecule has 1 heterocycles. The monoisotopic (exact) mass is 366 g/mol. The highest BCUT2D eigenvalue weighted by Gasteiger charge is 2.18. The van der Waals surface area contributed by atoms with Crippen LogP contribution in [0.1, 0.15) is 35.6 Å². The van der Waals surface area contributed by atoms with E-state index in [1.54, 1.807) is 19.1 Å². The van der Waals surface area contributed by atoms with Crippen LogP contribution in [0.2, 0.25) is 0 Å². The highest BCUT2D eigenvalue weighted by molar-refractivity contribution is 7.99. The number of aryl methyl sites for hydroxylation is 1. The SMILES string of the molecule is Cc1nnc(NC(=O)c2ccc(SCCC(C)C)c([N+](=O)[O-])c2)s1. The molecule has 2 aromatic rings. The van der Waals surface area contributed by atoms with E-state index >= 15 is 0 Å². The van der Waals surface area contributed by atoms with Crippen molar-refractivity contribution in [3.8, 4) is 0 Å². The maximum atomic E-state index is 12.2. The maximum absolute atomic E-state index is 12.2. The fraction of sp³-hybridized carbons (Fsp3) is 0.400. The molecule has 0 radical (unpaired) electrons. The third kappa shape index (κ3) is 5.00. The maximum Gasteiger partial charge on any atom is 0.283 e. The van der Waals surface area contributed by atoms with Crippen LogP contribution >= 0.6 is 23.1 Å². The average molecular weight is 366 g/mol. The molecule has 24 heavy (non-hydrogen) atoms. The smallest absolute Gasteiger partial charge is 0.283 e. The first-order valence-electron chi connectivity index (χ1n) is 7.39. The van der Waals surface area contributed by atoms with E-state index in [1.165, 1.54) is 29.2 Å². The molecule has 1 N–H and O–H groups in total. The van der Waals surface area contributed by atoms with Gasteiger partial charge < -0.3 is 0 Å². The number of carbonyl (C=O) groups excluding carboxylic acids is 1. The van der Waals surface area contributed by atoms with Crippen molar-refractivity contribution in [1.82, 2.24) is 10.2 Å². The average Bonchev–Trinajstić information content (AvgIpc) is 2.92. The Bertz CT molecular complexity index is 746. The molecule has 0 saturated heterocycles. The Hall–Kier alpha value is -2.00. The fourth-order valence-corrected chi connectivity index (χ4v) is 3.69. The fourth-order valence-electron chi connectivity index (χ4n) is 1.84. The number of nitro benzene ring substituents is 1. The molecule has 0 bridgehead atoms. The van der Waals surface area contributed by atoms with Crippen molar-refractivity contribution < 1.29 is 9.72 Å². The number of nitrogens with one attached hydrogen (secondary N) is 1. The predicted molar refractivity (Wildman–Crippen MR) is 95.9 cm³/mol. The van der Waals surface area contributed by atoms with Gasteiger partial charge in [0, 0.05) is 11.6 Å². The number of hydrogen-bond acceptors (Lipinski definition) is 7. The molecule has 0 aliphatic carbocycles. The molecule has 0 aliphatic rings. The van der Waals surface area contributed by atoms with Crippen molar-refractivity contribution in [2.24, 2.45) is 5.92 Å². The summed E-state index contributed by atoms with van der Waals surface area (Å²) < 4.78 is 0. The molecule has 1 aromatic heterocycles. The summed E-state index contributed by atoms with van der Waals surface area (Å²) in [6.45, 7) is 6.00. The van der Waals surface area contributed by atoms with E-state index in [4.69, 9.17) is 0 Å². The molecular weight excluding hydrogens is 348 g/mol. The molecule has 0 fully saturated rings. The van der Waals surface area contributed by atoms with Gasteiger partial charge in [-0.15, -0.1) is 22.0 Å². The number of amides is 1. The molecule has 0 atom stereocenters. The van der Waals surface area contributed by atoms with Crippen molar-refractivity contribution in [3.63, 3.8) is 0 Å². The molecule has 128 valence electrons. The molecule has 7 nitrogen and oxygen atoms in total. The van der Waals surface area contributed by atoms with E-state index < -0.39 is 10.8 Å². The van der Waals surface area contributed by atoms with E-state index in [1.807, 2.05) is 0 Å². The van der Waals surface area contributed by atoms with E-state index in [0.29, 0.717) is 15.9 Å². The van der Waals surface area contributed by atoms with Gasteiger partial charge in [0.2, 0.25) is 5.13 Å². The van der Waals surface area contributed by atoms with Crippen LogP contribution in [0, 0.1) is 23.0 Å². The van der Waals surface area contributed by atoms with Crippen LogP contribution in [0.3, 0.4) is 0 Å². The van der Waals surface area contributed by atoms with Gasteiger partial charge in [0.25, 0.3) is 11.6 Å². The lowest BCUT2D eigenvalue weighted by molar-refractivity contribution is -0.387. The standard InChI is InChI=1S/C15H18N4O3S2/c1-9(2)6-7-23-13-5-4-11(8-12(13)19(21)22)14(20)16-15-18-17-10(3)24-15/h4-5,8-9H,6-7H2,1-3H3,(H,16,18,20). The number of benzene rings is 1. The van der Waals surface area contributed by atoms with Gasteiger partial charge in [-0.2, -0.15) is 0 Å². The molecular formula is C15H18N4O3S2. The molecule has 1 aromatic carbocycles. The lowest BCUT2D eigenvalue weighted by Crippen LogP contribution is -2.12. The van der Waals surface area contributed by atoms with Crippen molar-refractivity contribution in [2.45, 2.75) is 32.1 Å². The number of anilines is 1. The highest BCUT2D eigenvalue weighted by Crippen LogP contribution is 2.31. The van der Waals surface area contributed by atoms with Crippen LogP contribution < -0.4 is 5.32 Å². The zero-order chi connectivity index (χ0) is 17.7. The third-order valence-corrected chi connectivity index (χ3v) is 4.97.